The van der Waals surface area contributed by atoms with E-state index in [1.807, 2.05) is 23.1 Å². The van der Waals surface area contributed by atoms with Crippen LogP contribution in [0.15, 0.2) is 22.7 Å². The van der Waals surface area contributed by atoms with E-state index in [-0.39, 0.29) is 5.91 Å². The monoisotopic (exact) mass is 436 g/mol. The summed E-state index contributed by atoms with van der Waals surface area (Å²) < 4.78 is 1.97. The van der Waals surface area contributed by atoms with Crippen LogP contribution in [-0.2, 0) is 0 Å². The Kier molecular flexibility index (Phi) is 5.65. The molecule has 0 bridgehead atoms. The number of rotatable bonds is 3. The Morgan fingerprint density at radius 2 is 2.16 bits per heavy atom. The van der Waals surface area contributed by atoms with Crippen LogP contribution in [-0.4, -0.2) is 36.5 Å². The van der Waals surface area contributed by atoms with Gasteiger partial charge in [-0.1, -0.05) is 15.9 Å². The van der Waals surface area contributed by atoms with Gasteiger partial charge < -0.3 is 10.2 Å². The Morgan fingerprint density at radius 1 is 1.47 bits per heavy atom. The maximum atomic E-state index is 12.7. The van der Waals surface area contributed by atoms with Gasteiger partial charge in [-0.05, 0) is 73.6 Å². The molecular weight excluding hydrogens is 419 g/mol. The van der Waals surface area contributed by atoms with Gasteiger partial charge in [0.1, 0.15) is 0 Å². The summed E-state index contributed by atoms with van der Waals surface area (Å²) in [6, 6.07) is 6.25. The van der Waals surface area contributed by atoms with E-state index in [2.05, 4.69) is 50.8 Å². The van der Waals surface area contributed by atoms with Crippen molar-refractivity contribution in [2.24, 2.45) is 0 Å². The molecule has 1 fully saturated rings. The van der Waals surface area contributed by atoms with Crippen molar-refractivity contribution in [1.29, 1.82) is 0 Å². The fraction of sp³-hybridized carbons (Fsp3) is 0.500. The highest BCUT2D eigenvalue weighted by Crippen LogP contribution is 2.22. The molecule has 3 nitrogen and oxygen atoms in total. The van der Waals surface area contributed by atoms with Crippen LogP contribution in [0.3, 0.4) is 0 Å². The molecule has 1 amide bonds. The van der Waals surface area contributed by atoms with Gasteiger partial charge in [0.2, 0.25) is 0 Å². The molecule has 0 radical (unpaired) electrons. The molecule has 0 aliphatic carbocycles. The number of hydrogen-bond donors (Lipinski definition) is 1. The minimum Gasteiger partial charge on any atom is -0.336 e. The smallest absolute Gasteiger partial charge is 0.255 e. The third kappa shape index (κ3) is 3.70. The van der Waals surface area contributed by atoms with Crippen LogP contribution in [0.4, 0.5) is 0 Å². The summed E-state index contributed by atoms with van der Waals surface area (Å²) in [4.78, 5) is 14.7. The summed E-state index contributed by atoms with van der Waals surface area (Å²) in [5.41, 5.74) is 0.801. The lowest BCUT2D eigenvalue weighted by Crippen LogP contribution is -2.46. The fourth-order valence-electron chi connectivity index (χ4n) is 2.50. The van der Waals surface area contributed by atoms with Crippen LogP contribution in [0.25, 0.3) is 0 Å². The summed E-state index contributed by atoms with van der Waals surface area (Å²) in [6.45, 7) is 4.84. The van der Waals surface area contributed by atoms with E-state index in [0.29, 0.717) is 6.04 Å². The third-order valence-electron chi connectivity index (χ3n) is 3.51. The van der Waals surface area contributed by atoms with Crippen molar-refractivity contribution in [2.45, 2.75) is 25.8 Å². The second-order valence-corrected chi connectivity index (χ2v) is 6.77. The molecule has 0 spiro atoms. The second kappa shape index (κ2) is 7.04. The average Bonchev–Trinajstić information content (AvgIpc) is 2.43. The largest absolute Gasteiger partial charge is 0.336 e. The van der Waals surface area contributed by atoms with Crippen molar-refractivity contribution < 1.29 is 4.79 Å². The maximum Gasteiger partial charge on any atom is 0.255 e. The molecule has 1 aliphatic heterocycles. The van der Waals surface area contributed by atoms with Gasteiger partial charge in [0.25, 0.3) is 5.91 Å². The molecule has 1 aromatic carbocycles. The molecule has 1 aliphatic rings. The van der Waals surface area contributed by atoms with Crippen LogP contribution < -0.4 is 5.32 Å². The lowest BCUT2D eigenvalue weighted by atomic mass is 10.0. The summed E-state index contributed by atoms with van der Waals surface area (Å²) >= 11 is 5.68. The Balaban J connectivity index is 2.22. The Bertz CT molecular complexity index is 461. The summed E-state index contributed by atoms with van der Waals surface area (Å²) in [6.07, 6.45) is 2.09. The van der Waals surface area contributed by atoms with Gasteiger partial charge in [-0.25, -0.2) is 0 Å². The summed E-state index contributed by atoms with van der Waals surface area (Å²) in [7, 11) is 0. The van der Waals surface area contributed by atoms with Crippen molar-refractivity contribution in [1.82, 2.24) is 10.2 Å². The molecule has 1 N–H and O–H groups in total. The number of amides is 1. The van der Waals surface area contributed by atoms with Gasteiger partial charge >= 0.3 is 0 Å². The first kappa shape index (κ1) is 15.3. The zero-order chi connectivity index (χ0) is 13.8. The van der Waals surface area contributed by atoms with Gasteiger partial charge in [0, 0.05) is 20.6 Å². The van der Waals surface area contributed by atoms with Crippen LogP contribution in [0, 0.1) is 3.57 Å². The van der Waals surface area contributed by atoms with Gasteiger partial charge in [0.05, 0.1) is 5.56 Å². The number of piperidine rings is 1. The van der Waals surface area contributed by atoms with Crippen molar-refractivity contribution in [3.05, 3.63) is 31.8 Å². The molecule has 19 heavy (non-hydrogen) atoms. The van der Waals surface area contributed by atoms with E-state index >= 15 is 0 Å². The summed E-state index contributed by atoms with van der Waals surface area (Å²) in [5, 5.41) is 3.35. The van der Waals surface area contributed by atoms with Gasteiger partial charge in [-0.2, -0.15) is 0 Å². The molecule has 0 atom stereocenters. The lowest BCUT2D eigenvalue weighted by molar-refractivity contribution is 0.0655. The van der Waals surface area contributed by atoms with Gasteiger partial charge in [-0.15, -0.1) is 0 Å². The number of benzene rings is 1. The van der Waals surface area contributed by atoms with Gasteiger partial charge in [-0.3, -0.25) is 4.79 Å². The van der Waals surface area contributed by atoms with Crippen molar-refractivity contribution >= 4 is 44.4 Å². The van der Waals surface area contributed by atoms with E-state index in [0.717, 1.165) is 46.1 Å². The molecule has 1 heterocycles. The minimum absolute atomic E-state index is 0.153. The molecule has 5 heteroatoms. The number of carbonyl (C=O) groups excluding carboxylic acids is 1. The van der Waals surface area contributed by atoms with E-state index in [1.165, 1.54) is 0 Å². The van der Waals surface area contributed by atoms with E-state index < -0.39 is 0 Å². The molecule has 0 saturated carbocycles. The first-order chi connectivity index (χ1) is 9.13. The summed E-state index contributed by atoms with van der Waals surface area (Å²) in [5.74, 6) is 0.153. The van der Waals surface area contributed by atoms with Crippen LogP contribution >= 0.6 is 38.5 Å². The molecule has 2 rings (SSSR count). The van der Waals surface area contributed by atoms with Crippen LogP contribution in [0.2, 0.25) is 0 Å². The fourth-order valence-corrected chi connectivity index (χ4v) is 3.43. The highest BCUT2D eigenvalue weighted by atomic mass is 127. The standard InChI is InChI=1S/C14H18BrIN2O/c1-2-18(11-5-7-17-8-6-11)14(19)12-9-10(15)3-4-13(12)16/h3-4,9,11,17H,2,5-8H2,1H3. The van der Waals surface area contributed by atoms with Crippen molar-refractivity contribution in [2.75, 3.05) is 19.6 Å². The third-order valence-corrected chi connectivity index (χ3v) is 4.94. The Labute approximate surface area is 136 Å². The number of nitrogens with one attached hydrogen (secondary N) is 1. The second-order valence-electron chi connectivity index (χ2n) is 4.70. The molecule has 104 valence electrons. The average molecular weight is 437 g/mol. The normalized spacial score (nSPS) is 16.4. The molecule has 1 saturated heterocycles. The Morgan fingerprint density at radius 3 is 2.79 bits per heavy atom. The predicted molar refractivity (Wildman–Crippen MR) is 89.5 cm³/mol. The van der Waals surface area contributed by atoms with Gasteiger partial charge in [0.15, 0.2) is 0 Å². The minimum atomic E-state index is 0.153. The topological polar surface area (TPSA) is 32.3 Å². The van der Waals surface area contributed by atoms with E-state index in [9.17, 15) is 4.79 Å². The first-order valence-electron chi connectivity index (χ1n) is 6.60. The molecule has 0 aromatic heterocycles. The number of halogens is 2. The van der Waals surface area contributed by atoms with E-state index in [1.54, 1.807) is 0 Å². The predicted octanol–water partition coefficient (Wildman–Crippen LogP) is 3.27. The highest BCUT2D eigenvalue weighted by Gasteiger charge is 2.26. The lowest BCUT2D eigenvalue weighted by Gasteiger charge is -2.34. The Hall–Kier alpha value is -0.140. The van der Waals surface area contributed by atoms with Crippen molar-refractivity contribution in [3.8, 4) is 0 Å². The number of nitrogens with zero attached hydrogens (tertiary/aromatic N) is 1. The van der Waals surface area contributed by atoms with Crippen LogP contribution in [0.1, 0.15) is 30.1 Å². The molecular formula is C14H18BrIN2O. The zero-order valence-corrected chi connectivity index (χ0v) is 14.7. The quantitative estimate of drug-likeness (QED) is 0.737. The SMILES string of the molecule is CCN(C(=O)c1cc(Br)ccc1I)C1CCNCC1. The number of carbonyl (C=O) groups is 1. The number of hydrogen-bond acceptors (Lipinski definition) is 2. The van der Waals surface area contributed by atoms with Crippen LogP contribution in [0.5, 0.6) is 0 Å². The highest BCUT2D eigenvalue weighted by molar-refractivity contribution is 14.1. The molecule has 1 aromatic rings. The van der Waals surface area contributed by atoms with E-state index in [4.69, 9.17) is 0 Å². The molecule has 0 unspecified atom stereocenters. The maximum absolute atomic E-state index is 12.7. The first-order valence-corrected chi connectivity index (χ1v) is 8.47. The van der Waals surface area contributed by atoms with Crippen molar-refractivity contribution in [3.63, 3.8) is 0 Å². The zero-order valence-electron chi connectivity index (χ0n) is 11.0.